The van der Waals surface area contributed by atoms with E-state index in [0.717, 1.165) is 52.1 Å². The molecule has 0 bridgehead atoms. The van der Waals surface area contributed by atoms with E-state index in [1.165, 1.54) is 0 Å². The summed E-state index contributed by atoms with van der Waals surface area (Å²) >= 11 is 3.56. The van der Waals surface area contributed by atoms with Crippen molar-refractivity contribution in [3.63, 3.8) is 0 Å². The Morgan fingerprint density at radius 2 is 1.93 bits per heavy atom. The number of carbonyl (C=O) groups is 1. The van der Waals surface area contributed by atoms with E-state index in [-0.39, 0.29) is 5.97 Å². The van der Waals surface area contributed by atoms with Crippen LogP contribution >= 0.6 is 15.9 Å². The molecule has 1 aromatic heterocycles. The number of carbonyl (C=O) groups excluding carboxylic acids is 1. The summed E-state index contributed by atoms with van der Waals surface area (Å²) in [6, 6.07) is 16.4. The molecule has 28 heavy (non-hydrogen) atoms. The van der Waals surface area contributed by atoms with Crippen molar-refractivity contribution in [1.82, 2.24) is 5.16 Å². The number of halogens is 1. The molecule has 0 amide bonds. The van der Waals surface area contributed by atoms with E-state index in [1.54, 1.807) is 0 Å². The lowest BCUT2D eigenvalue weighted by Crippen LogP contribution is -2.23. The zero-order valence-electron chi connectivity index (χ0n) is 16.0. The van der Waals surface area contributed by atoms with Crippen LogP contribution in [-0.4, -0.2) is 17.7 Å². The lowest BCUT2D eigenvalue weighted by atomic mass is 9.88. The van der Waals surface area contributed by atoms with Crippen molar-refractivity contribution in [1.29, 1.82) is 0 Å². The Morgan fingerprint density at radius 1 is 1.18 bits per heavy atom. The fraction of sp³-hybridized carbons (Fsp3) is 0.304. The van der Waals surface area contributed by atoms with Crippen LogP contribution in [0.2, 0.25) is 0 Å². The monoisotopic (exact) mass is 439 g/mol. The molecule has 0 radical (unpaired) electrons. The Balaban J connectivity index is 1.89. The fourth-order valence-electron chi connectivity index (χ4n) is 3.66. The van der Waals surface area contributed by atoms with Gasteiger partial charge in [-0.05, 0) is 49.4 Å². The van der Waals surface area contributed by atoms with Crippen LogP contribution < -0.4 is 0 Å². The van der Waals surface area contributed by atoms with E-state index in [2.05, 4.69) is 45.4 Å². The quantitative estimate of drug-likeness (QED) is 0.359. The van der Waals surface area contributed by atoms with Gasteiger partial charge in [-0.15, -0.1) is 0 Å². The summed E-state index contributed by atoms with van der Waals surface area (Å²) in [5.41, 5.74) is 5.45. The number of hydrogen-bond acceptors (Lipinski definition) is 4. The second kappa shape index (κ2) is 7.55. The van der Waals surface area contributed by atoms with Gasteiger partial charge in [0.15, 0.2) is 5.76 Å². The highest BCUT2D eigenvalue weighted by Crippen LogP contribution is 2.51. The first kappa shape index (κ1) is 18.9. The van der Waals surface area contributed by atoms with Gasteiger partial charge in [0.1, 0.15) is 0 Å². The van der Waals surface area contributed by atoms with E-state index in [1.807, 2.05) is 38.1 Å². The average molecular weight is 440 g/mol. The smallest absolute Gasteiger partial charge is 0.316 e. The lowest BCUT2D eigenvalue weighted by molar-refractivity contribution is -0.146. The molecule has 0 unspecified atom stereocenters. The molecule has 0 spiro atoms. The number of nitrogens with zero attached hydrogens (tertiary/aromatic N) is 1. The van der Waals surface area contributed by atoms with Crippen LogP contribution in [0.4, 0.5) is 0 Å². The molecule has 1 aliphatic carbocycles. The van der Waals surface area contributed by atoms with E-state index in [9.17, 15) is 4.79 Å². The highest BCUT2D eigenvalue weighted by molar-refractivity contribution is 9.08. The molecule has 1 saturated carbocycles. The molecule has 2 aromatic carbocycles. The molecular formula is C23H22BrNO3. The normalized spacial score (nSPS) is 14.7. The molecule has 0 N–H and O–H groups in total. The molecule has 0 aliphatic heterocycles. The van der Waals surface area contributed by atoms with Crippen molar-refractivity contribution in [3.05, 3.63) is 65.4 Å². The summed E-state index contributed by atoms with van der Waals surface area (Å²) < 4.78 is 11.1. The van der Waals surface area contributed by atoms with E-state index in [0.29, 0.717) is 11.9 Å². The maximum Gasteiger partial charge on any atom is 0.316 e. The molecule has 4 rings (SSSR count). The van der Waals surface area contributed by atoms with Gasteiger partial charge in [-0.1, -0.05) is 63.6 Å². The minimum atomic E-state index is -0.524. The minimum absolute atomic E-state index is 0.136. The van der Waals surface area contributed by atoms with Gasteiger partial charge in [0, 0.05) is 16.5 Å². The maximum atomic E-state index is 12.6. The third-order valence-corrected chi connectivity index (χ3v) is 6.00. The number of hydrogen-bond donors (Lipinski definition) is 0. The van der Waals surface area contributed by atoms with Crippen molar-refractivity contribution < 1.29 is 14.1 Å². The number of benzene rings is 2. The summed E-state index contributed by atoms with van der Waals surface area (Å²) in [5.74, 6) is 0.609. The van der Waals surface area contributed by atoms with Crippen molar-refractivity contribution in [3.8, 4) is 22.5 Å². The van der Waals surface area contributed by atoms with E-state index >= 15 is 0 Å². The van der Waals surface area contributed by atoms with Crippen molar-refractivity contribution in [2.45, 2.75) is 37.4 Å². The zero-order valence-corrected chi connectivity index (χ0v) is 17.6. The molecule has 4 nitrogen and oxygen atoms in total. The predicted molar refractivity (Wildman–Crippen MR) is 112 cm³/mol. The van der Waals surface area contributed by atoms with E-state index in [4.69, 9.17) is 9.26 Å². The Morgan fingerprint density at radius 3 is 2.57 bits per heavy atom. The number of ether oxygens (including phenoxy) is 1. The Labute approximate surface area is 173 Å². The zero-order chi connectivity index (χ0) is 19.7. The first-order valence-corrected chi connectivity index (χ1v) is 10.6. The highest BCUT2D eigenvalue weighted by Gasteiger charge is 2.53. The molecule has 1 aliphatic rings. The molecule has 1 heterocycles. The van der Waals surface area contributed by atoms with Gasteiger partial charge >= 0.3 is 5.97 Å². The molecule has 144 valence electrons. The molecule has 0 atom stereocenters. The lowest BCUT2D eigenvalue weighted by Gasteiger charge is -2.17. The number of aromatic nitrogens is 1. The van der Waals surface area contributed by atoms with Gasteiger partial charge in [0.2, 0.25) is 0 Å². The van der Waals surface area contributed by atoms with E-state index < -0.39 is 5.41 Å². The van der Waals surface area contributed by atoms with Gasteiger partial charge in [0.25, 0.3) is 0 Å². The third-order valence-electron chi connectivity index (χ3n) is 5.44. The Bertz CT molecular complexity index is 1010. The maximum absolute atomic E-state index is 12.6. The fourth-order valence-corrected chi connectivity index (χ4v) is 4.32. The molecule has 1 fully saturated rings. The number of aryl methyl sites for hydroxylation is 1. The summed E-state index contributed by atoms with van der Waals surface area (Å²) in [7, 11) is 0. The molecular weight excluding hydrogens is 418 g/mol. The van der Waals surface area contributed by atoms with Crippen molar-refractivity contribution in [2.75, 3.05) is 6.61 Å². The van der Waals surface area contributed by atoms with Crippen LogP contribution in [0.1, 0.15) is 36.6 Å². The van der Waals surface area contributed by atoms with Crippen molar-refractivity contribution >= 4 is 21.9 Å². The van der Waals surface area contributed by atoms with Crippen LogP contribution in [0.15, 0.2) is 53.1 Å². The first-order chi connectivity index (χ1) is 13.6. The summed E-state index contributed by atoms with van der Waals surface area (Å²) in [6.45, 7) is 4.18. The van der Waals surface area contributed by atoms with Gasteiger partial charge in [-0.2, -0.15) is 0 Å². The largest absolute Gasteiger partial charge is 0.465 e. The van der Waals surface area contributed by atoms with Crippen LogP contribution in [0, 0.1) is 6.92 Å². The Kier molecular flexibility index (Phi) is 5.11. The number of esters is 1. The van der Waals surface area contributed by atoms with Gasteiger partial charge in [-0.3, -0.25) is 4.79 Å². The SMILES string of the molecule is CCOC(=O)C1(c2ccc(-c3ccccc3)c(-c3onc(C)c3CBr)c2)CC1. The van der Waals surface area contributed by atoms with Crippen LogP contribution in [-0.2, 0) is 20.3 Å². The van der Waals surface area contributed by atoms with Gasteiger partial charge < -0.3 is 9.26 Å². The van der Waals surface area contributed by atoms with Crippen LogP contribution in [0.3, 0.4) is 0 Å². The van der Waals surface area contributed by atoms with Gasteiger partial charge in [0.05, 0.1) is 17.7 Å². The van der Waals surface area contributed by atoms with Gasteiger partial charge in [-0.25, -0.2) is 0 Å². The first-order valence-electron chi connectivity index (χ1n) is 9.49. The predicted octanol–water partition coefficient (Wildman–Crippen LogP) is 5.81. The average Bonchev–Trinajstić information content (AvgIpc) is 3.46. The van der Waals surface area contributed by atoms with Crippen molar-refractivity contribution in [2.24, 2.45) is 0 Å². The number of alkyl halides is 1. The minimum Gasteiger partial charge on any atom is -0.465 e. The number of rotatable bonds is 6. The third kappa shape index (κ3) is 3.18. The molecule has 5 heteroatoms. The molecule has 3 aromatic rings. The standard InChI is InChI=1S/C23H22BrNO3/c1-3-27-22(26)23(11-12-23)17-9-10-18(16-7-5-4-6-8-16)19(13-17)21-20(14-24)15(2)25-28-21/h4-10,13H,3,11-12,14H2,1-2H3. The second-order valence-corrected chi connectivity index (χ2v) is 7.70. The highest BCUT2D eigenvalue weighted by atomic mass is 79.9. The molecule has 0 saturated heterocycles. The summed E-state index contributed by atoms with van der Waals surface area (Å²) in [4.78, 5) is 12.6. The summed E-state index contributed by atoms with van der Waals surface area (Å²) in [5, 5.41) is 4.83. The van der Waals surface area contributed by atoms with Crippen LogP contribution in [0.5, 0.6) is 0 Å². The van der Waals surface area contributed by atoms with Crippen LogP contribution in [0.25, 0.3) is 22.5 Å². The second-order valence-electron chi connectivity index (χ2n) is 7.14. The summed E-state index contributed by atoms with van der Waals surface area (Å²) in [6.07, 6.45) is 1.63. The Hall–Kier alpha value is -2.40. The topological polar surface area (TPSA) is 52.3 Å².